The Labute approximate surface area is 185 Å². The highest BCUT2D eigenvalue weighted by Gasteiger charge is 2.32. The van der Waals surface area contributed by atoms with Gasteiger partial charge in [-0.1, -0.05) is 6.07 Å². The van der Waals surface area contributed by atoms with E-state index >= 15 is 0 Å². The summed E-state index contributed by atoms with van der Waals surface area (Å²) >= 11 is 0. The Bertz CT molecular complexity index is 644. The van der Waals surface area contributed by atoms with Crippen LogP contribution in [0.15, 0.2) is 23.2 Å². The fourth-order valence-corrected chi connectivity index (χ4v) is 3.80. The van der Waals surface area contributed by atoms with E-state index in [2.05, 4.69) is 26.6 Å². The Hall–Kier alpha value is -1.26. The van der Waals surface area contributed by atoms with Crippen LogP contribution < -0.4 is 20.1 Å². The predicted octanol–water partition coefficient (Wildman–Crippen LogP) is 1.89. The van der Waals surface area contributed by atoms with Crippen LogP contribution >= 0.6 is 24.0 Å². The fourth-order valence-electron chi connectivity index (χ4n) is 3.80. The molecular formula is C20H33IN4O3. The van der Waals surface area contributed by atoms with Crippen molar-refractivity contribution >= 4 is 29.9 Å². The number of hydrogen-bond acceptors (Lipinski definition) is 5. The monoisotopic (exact) mass is 504 g/mol. The largest absolute Gasteiger partial charge is 0.493 e. The molecule has 2 atom stereocenters. The van der Waals surface area contributed by atoms with Crippen molar-refractivity contribution in [3.05, 3.63) is 23.8 Å². The molecule has 2 unspecified atom stereocenters. The van der Waals surface area contributed by atoms with Crippen molar-refractivity contribution in [2.45, 2.75) is 31.4 Å². The normalized spacial score (nSPS) is 22.2. The van der Waals surface area contributed by atoms with Gasteiger partial charge in [0.05, 0.1) is 26.9 Å². The molecule has 2 fully saturated rings. The Morgan fingerprint density at radius 2 is 2.07 bits per heavy atom. The summed E-state index contributed by atoms with van der Waals surface area (Å²) in [6.45, 7) is 4.65. The quantitative estimate of drug-likeness (QED) is 0.336. The third kappa shape index (κ3) is 6.12. The van der Waals surface area contributed by atoms with Gasteiger partial charge in [0.25, 0.3) is 0 Å². The number of benzene rings is 1. The molecule has 3 rings (SSSR count). The van der Waals surface area contributed by atoms with Gasteiger partial charge in [0.2, 0.25) is 0 Å². The van der Waals surface area contributed by atoms with Crippen molar-refractivity contribution in [2.24, 2.45) is 4.99 Å². The smallest absolute Gasteiger partial charge is 0.191 e. The molecule has 1 aromatic rings. The predicted molar refractivity (Wildman–Crippen MR) is 122 cm³/mol. The molecule has 2 N–H and O–H groups in total. The average molecular weight is 504 g/mol. The zero-order valence-corrected chi connectivity index (χ0v) is 19.4. The van der Waals surface area contributed by atoms with Crippen LogP contribution in [0, 0.1) is 0 Å². The van der Waals surface area contributed by atoms with Gasteiger partial charge in [-0.15, -0.1) is 24.0 Å². The van der Waals surface area contributed by atoms with Crippen LogP contribution in [0.1, 0.15) is 18.4 Å². The van der Waals surface area contributed by atoms with Crippen molar-refractivity contribution < 1.29 is 14.2 Å². The van der Waals surface area contributed by atoms with E-state index in [1.54, 1.807) is 21.3 Å². The van der Waals surface area contributed by atoms with Crippen molar-refractivity contribution in [1.29, 1.82) is 0 Å². The van der Waals surface area contributed by atoms with Crippen LogP contribution in [0.5, 0.6) is 11.5 Å². The Kier molecular flexibility index (Phi) is 9.60. The lowest BCUT2D eigenvalue weighted by Gasteiger charge is -2.35. The molecule has 1 aromatic carbocycles. The lowest BCUT2D eigenvalue weighted by atomic mass is 10.1. The first-order valence-corrected chi connectivity index (χ1v) is 9.74. The molecule has 0 radical (unpaired) electrons. The van der Waals surface area contributed by atoms with Gasteiger partial charge < -0.3 is 24.8 Å². The molecule has 8 heteroatoms. The molecule has 2 aliphatic rings. The summed E-state index contributed by atoms with van der Waals surface area (Å²) in [7, 11) is 5.10. The van der Waals surface area contributed by atoms with Crippen LogP contribution in [0.3, 0.4) is 0 Å². The van der Waals surface area contributed by atoms with Gasteiger partial charge in [-0.25, -0.2) is 0 Å². The fraction of sp³-hybridized carbons (Fsp3) is 0.650. The van der Waals surface area contributed by atoms with Crippen LogP contribution in [0.2, 0.25) is 0 Å². The summed E-state index contributed by atoms with van der Waals surface area (Å²) in [6.07, 6.45) is 3.67. The highest BCUT2D eigenvalue weighted by atomic mass is 127. The lowest BCUT2D eigenvalue weighted by Crippen LogP contribution is -2.51. The number of halogens is 1. The van der Waals surface area contributed by atoms with E-state index in [0.29, 0.717) is 6.04 Å². The van der Waals surface area contributed by atoms with E-state index in [1.807, 2.05) is 12.1 Å². The van der Waals surface area contributed by atoms with Gasteiger partial charge in [0, 0.05) is 32.7 Å². The van der Waals surface area contributed by atoms with Gasteiger partial charge in [-0.3, -0.25) is 9.89 Å². The maximum atomic E-state index is 6.00. The molecular weight excluding hydrogens is 471 g/mol. The number of nitrogens with zero attached hydrogens (tertiary/aromatic N) is 2. The van der Waals surface area contributed by atoms with Crippen LogP contribution in [0.4, 0.5) is 0 Å². The van der Waals surface area contributed by atoms with E-state index in [9.17, 15) is 0 Å². The van der Waals surface area contributed by atoms with Gasteiger partial charge in [-0.2, -0.15) is 0 Å². The maximum absolute atomic E-state index is 6.00. The molecule has 28 heavy (non-hydrogen) atoms. The molecule has 0 bridgehead atoms. The highest BCUT2D eigenvalue weighted by Crippen LogP contribution is 2.27. The van der Waals surface area contributed by atoms with Crippen molar-refractivity contribution in [2.75, 3.05) is 54.1 Å². The number of ether oxygens (including phenoxy) is 3. The summed E-state index contributed by atoms with van der Waals surface area (Å²) in [4.78, 5) is 6.87. The SMILES string of the molecule is CN=C(NCCc1ccc(OC)c(OC)c1)NCC1CN2CCCC2CO1.I. The maximum Gasteiger partial charge on any atom is 0.191 e. The molecule has 2 heterocycles. The van der Waals surface area contributed by atoms with Gasteiger partial charge >= 0.3 is 0 Å². The van der Waals surface area contributed by atoms with E-state index in [0.717, 1.165) is 50.1 Å². The summed E-state index contributed by atoms with van der Waals surface area (Å²) < 4.78 is 16.6. The topological polar surface area (TPSA) is 67.4 Å². The number of rotatable bonds is 7. The number of fused-ring (bicyclic) bond motifs is 1. The van der Waals surface area contributed by atoms with Gasteiger partial charge in [0.15, 0.2) is 17.5 Å². The first-order chi connectivity index (χ1) is 13.2. The molecule has 0 amide bonds. The first-order valence-electron chi connectivity index (χ1n) is 9.74. The second kappa shape index (κ2) is 11.7. The summed E-state index contributed by atoms with van der Waals surface area (Å²) in [5.74, 6) is 2.31. The van der Waals surface area contributed by atoms with Gasteiger partial charge in [0.1, 0.15) is 0 Å². The molecule has 0 aromatic heterocycles. The summed E-state index contributed by atoms with van der Waals surface area (Å²) in [5, 5.41) is 6.76. The van der Waals surface area contributed by atoms with Crippen LogP contribution in [0.25, 0.3) is 0 Å². The minimum Gasteiger partial charge on any atom is -0.493 e. The summed E-state index contributed by atoms with van der Waals surface area (Å²) in [6, 6.07) is 6.65. The van der Waals surface area contributed by atoms with Crippen molar-refractivity contribution in [1.82, 2.24) is 15.5 Å². The number of nitrogens with one attached hydrogen (secondary N) is 2. The standard InChI is InChI=1S/C20H32N4O3.HI/c1-21-20(23-12-17-13-24-10-4-5-16(24)14-27-17)22-9-8-15-6-7-18(25-2)19(11-15)26-3;/h6-7,11,16-17H,4-5,8-10,12-14H2,1-3H3,(H2,21,22,23);1H. The van der Waals surface area contributed by atoms with E-state index in [4.69, 9.17) is 14.2 Å². The molecule has 2 aliphatic heterocycles. The Morgan fingerprint density at radius 1 is 1.25 bits per heavy atom. The molecule has 2 saturated heterocycles. The molecule has 0 spiro atoms. The minimum atomic E-state index is 0. The first kappa shape index (κ1) is 23.0. The molecule has 158 valence electrons. The number of methoxy groups -OCH3 is 2. The zero-order valence-electron chi connectivity index (χ0n) is 17.1. The van der Waals surface area contributed by atoms with Crippen LogP contribution in [-0.2, 0) is 11.2 Å². The van der Waals surface area contributed by atoms with Crippen LogP contribution in [-0.4, -0.2) is 77.1 Å². The van der Waals surface area contributed by atoms with E-state index < -0.39 is 0 Å². The van der Waals surface area contributed by atoms with E-state index in [1.165, 1.54) is 24.9 Å². The summed E-state index contributed by atoms with van der Waals surface area (Å²) in [5.41, 5.74) is 1.19. The second-order valence-electron chi connectivity index (χ2n) is 7.07. The zero-order chi connectivity index (χ0) is 19.1. The number of aliphatic imine (C=N–C) groups is 1. The second-order valence-corrected chi connectivity index (χ2v) is 7.07. The molecule has 0 aliphatic carbocycles. The number of guanidine groups is 1. The number of hydrogen-bond donors (Lipinski definition) is 2. The average Bonchev–Trinajstić information content (AvgIpc) is 3.18. The third-order valence-electron chi connectivity index (χ3n) is 5.34. The van der Waals surface area contributed by atoms with Crippen molar-refractivity contribution in [3.8, 4) is 11.5 Å². The molecule has 7 nitrogen and oxygen atoms in total. The Balaban J connectivity index is 0.00000280. The highest BCUT2D eigenvalue weighted by molar-refractivity contribution is 14.0. The lowest BCUT2D eigenvalue weighted by molar-refractivity contribution is -0.0453. The minimum absolute atomic E-state index is 0. The molecule has 0 saturated carbocycles. The van der Waals surface area contributed by atoms with E-state index in [-0.39, 0.29) is 30.1 Å². The van der Waals surface area contributed by atoms with Gasteiger partial charge in [-0.05, 0) is 43.5 Å². The van der Waals surface area contributed by atoms with Crippen molar-refractivity contribution in [3.63, 3.8) is 0 Å². The number of morpholine rings is 1. The third-order valence-corrected chi connectivity index (χ3v) is 5.34. The Morgan fingerprint density at radius 3 is 2.82 bits per heavy atom.